The van der Waals surface area contributed by atoms with E-state index in [1.165, 1.54) is 17.5 Å². The lowest BCUT2D eigenvalue weighted by atomic mass is 9.72. The topological polar surface area (TPSA) is 43.9 Å². The molecule has 0 bridgehead atoms. The van der Waals surface area contributed by atoms with E-state index in [9.17, 15) is 9.59 Å². The van der Waals surface area contributed by atoms with E-state index < -0.39 is 0 Å². The maximum Gasteiger partial charge on any atom is 0.225 e. The SMILES string of the molecule is CN1CCN(C(=O)CC2CC3(CCN(C(=O)C4CCC4)CC3)c3ccccc32)CC1.Cl. The molecule has 2 heterocycles. The highest BCUT2D eigenvalue weighted by molar-refractivity contribution is 5.85. The van der Waals surface area contributed by atoms with Crippen molar-refractivity contribution in [3.63, 3.8) is 0 Å². The zero-order valence-corrected chi connectivity index (χ0v) is 19.5. The van der Waals surface area contributed by atoms with Crippen molar-refractivity contribution in [1.29, 1.82) is 0 Å². The molecule has 2 saturated heterocycles. The zero-order valence-electron chi connectivity index (χ0n) is 18.7. The number of fused-ring (bicyclic) bond motifs is 2. The number of carbonyl (C=O) groups excluding carboxylic acids is 2. The molecular formula is C25H36ClN3O2. The summed E-state index contributed by atoms with van der Waals surface area (Å²) in [6.07, 6.45) is 7.16. The molecule has 2 amide bonds. The summed E-state index contributed by atoms with van der Waals surface area (Å²) in [7, 11) is 2.13. The maximum atomic E-state index is 13.1. The molecule has 1 saturated carbocycles. The van der Waals surface area contributed by atoms with Crippen molar-refractivity contribution < 1.29 is 9.59 Å². The van der Waals surface area contributed by atoms with E-state index in [4.69, 9.17) is 0 Å². The molecule has 1 atom stereocenters. The van der Waals surface area contributed by atoms with Gasteiger partial charge in [-0.1, -0.05) is 30.7 Å². The third-order valence-corrected chi connectivity index (χ3v) is 8.37. The smallest absolute Gasteiger partial charge is 0.225 e. The predicted octanol–water partition coefficient (Wildman–Crippen LogP) is 3.42. The lowest BCUT2D eigenvalue weighted by Gasteiger charge is -2.42. The molecule has 2 aliphatic heterocycles. The molecule has 4 aliphatic rings. The Bertz CT molecular complexity index is 809. The van der Waals surface area contributed by atoms with Crippen molar-refractivity contribution in [3.05, 3.63) is 35.4 Å². The van der Waals surface area contributed by atoms with Gasteiger partial charge in [0, 0.05) is 51.6 Å². The van der Waals surface area contributed by atoms with Crippen molar-refractivity contribution in [3.8, 4) is 0 Å². The molecule has 1 aromatic carbocycles. The number of carbonyl (C=O) groups is 2. The number of likely N-dealkylation sites (tertiary alicyclic amines) is 1. The Morgan fingerprint density at radius 2 is 1.65 bits per heavy atom. The molecule has 5 rings (SSSR count). The van der Waals surface area contributed by atoms with Gasteiger partial charge in [-0.05, 0) is 61.6 Å². The van der Waals surface area contributed by atoms with Crippen LogP contribution in [0.1, 0.15) is 62.0 Å². The molecule has 5 nitrogen and oxygen atoms in total. The fraction of sp³-hybridized carbons (Fsp3) is 0.680. The van der Waals surface area contributed by atoms with Gasteiger partial charge in [-0.3, -0.25) is 9.59 Å². The lowest BCUT2D eigenvalue weighted by molar-refractivity contribution is -0.139. The molecule has 1 unspecified atom stereocenters. The maximum absolute atomic E-state index is 13.1. The van der Waals surface area contributed by atoms with Gasteiger partial charge in [-0.25, -0.2) is 0 Å². The third-order valence-electron chi connectivity index (χ3n) is 8.37. The Kier molecular flexibility index (Phi) is 6.64. The minimum Gasteiger partial charge on any atom is -0.342 e. The van der Waals surface area contributed by atoms with Crippen LogP contribution in [0.15, 0.2) is 24.3 Å². The lowest BCUT2D eigenvalue weighted by Crippen LogP contribution is -2.48. The first-order valence-corrected chi connectivity index (χ1v) is 11.9. The molecule has 3 fully saturated rings. The number of likely N-dealkylation sites (N-methyl/N-ethyl adjacent to an activating group) is 1. The minimum absolute atomic E-state index is 0. The second-order valence-electron chi connectivity index (χ2n) is 10.1. The number of amides is 2. The normalized spacial score (nSPS) is 25.6. The van der Waals surface area contributed by atoms with Gasteiger partial charge in [-0.2, -0.15) is 0 Å². The third kappa shape index (κ3) is 4.23. The summed E-state index contributed by atoms with van der Waals surface area (Å²) in [4.78, 5) is 32.2. The molecule has 1 aromatic rings. The van der Waals surface area contributed by atoms with E-state index in [0.29, 0.717) is 30.1 Å². The first kappa shape index (κ1) is 22.6. The minimum atomic E-state index is 0. The number of hydrogen-bond acceptors (Lipinski definition) is 3. The van der Waals surface area contributed by atoms with E-state index in [1.54, 1.807) is 0 Å². The number of hydrogen-bond donors (Lipinski definition) is 0. The van der Waals surface area contributed by atoms with E-state index >= 15 is 0 Å². The first-order valence-electron chi connectivity index (χ1n) is 11.9. The molecule has 0 N–H and O–H groups in total. The van der Waals surface area contributed by atoms with Gasteiger partial charge < -0.3 is 14.7 Å². The van der Waals surface area contributed by atoms with Crippen molar-refractivity contribution in [2.45, 2.75) is 56.3 Å². The fourth-order valence-electron chi connectivity index (χ4n) is 6.15. The van der Waals surface area contributed by atoms with Crippen LogP contribution in [0.2, 0.25) is 0 Å². The highest BCUT2D eigenvalue weighted by Gasteiger charge is 2.47. The number of piperazine rings is 1. The van der Waals surface area contributed by atoms with Crippen LogP contribution in [0.4, 0.5) is 0 Å². The van der Waals surface area contributed by atoms with Crippen LogP contribution >= 0.6 is 12.4 Å². The highest BCUT2D eigenvalue weighted by Crippen LogP contribution is 2.53. The molecule has 2 aliphatic carbocycles. The van der Waals surface area contributed by atoms with Gasteiger partial charge in [-0.15, -0.1) is 12.4 Å². The van der Waals surface area contributed by atoms with Gasteiger partial charge in [0.25, 0.3) is 0 Å². The summed E-state index contributed by atoms with van der Waals surface area (Å²) < 4.78 is 0. The van der Waals surface area contributed by atoms with Crippen LogP contribution in [0.25, 0.3) is 0 Å². The molecular weight excluding hydrogens is 410 g/mol. The molecule has 0 aromatic heterocycles. The number of nitrogens with zero attached hydrogens (tertiary/aromatic N) is 3. The predicted molar refractivity (Wildman–Crippen MR) is 125 cm³/mol. The van der Waals surface area contributed by atoms with Crippen LogP contribution in [0.5, 0.6) is 0 Å². The molecule has 170 valence electrons. The Morgan fingerprint density at radius 3 is 2.29 bits per heavy atom. The summed E-state index contributed by atoms with van der Waals surface area (Å²) in [5, 5.41) is 0. The van der Waals surface area contributed by atoms with Crippen LogP contribution in [0, 0.1) is 5.92 Å². The van der Waals surface area contributed by atoms with Crippen molar-refractivity contribution in [2.24, 2.45) is 5.92 Å². The second kappa shape index (κ2) is 9.11. The monoisotopic (exact) mass is 445 g/mol. The number of piperidine rings is 1. The van der Waals surface area contributed by atoms with Crippen LogP contribution < -0.4 is 0 Å². The largest absolute Gasteiger partial charge is 0.342 e. The van der Waals surface area contributed by atoms with Gasteiger partial charge in [0.05, 0.1) is 0 Å². The standard InChI is InChI=1S/C25H35N3O2.ClH/c1-26-13-15-27(16-14-26)23(29)17-20-18-25(22-8-3-2-7-21(20)22)9-11-28(12-10-25)24(30)19-5-4-6-19;/h2-3,7-8,19-20H,4-6,9-18H2,1H3;1H. The van der Waals surface area contributed by atoms with Gasteiger partial charge in [0.15, 0.2) is 0 Å². The number of rotatable bonds is 3. The highest BCUT2D eigenvalue weighted by atomic mass is 35.5. The Balaban J connectivity index is 0.00000231. The van der Waals surface area contributed by atoms with Crippen LogP contribution in [-0.4, -0.2) is 72.8 Å². The summed E-state index contributed by atoms with van der Waals surface area (Å²) in [5.74, 6) is 1.33. The summed E-state index contributed by atoms with van der Waals surface area (Å²) in [5.41, 5.74) is 3.00. The summed E-state index contributed by atoms with van der Waals surface area (Å²) >= 11 is 0. The Labute approximate surface area is 192 Å². The summed E-state index contributed by atoms with van der Waals surface area (Å²) in [6, 6.07) is 8.81. The molecule has 0 radical (unpaired) electrons. The molecule has 6 heteroatoms. The number of halogens is 1. The fourth-order valence-corrected chi connectivity index (χ4v) is 6.15. The van der Waals surface area contributed by atoms with E-state index in [1.807, 2.05) is 0 Å². The van der Waals surface area contributed by atoms with Crippen molar-refractivity contribution >= 4 is 24.2 Å². The summed E-state index contributed by atoms with van der Waals surface area (Å²) in [6.45, 7) is 5.41. The molecule has 31 heavy (non-hydrogen) atoms. The second-order valence-corrected chi connectivity index (χ2v) is 10.1. The Hall–Kier alpha value is -1.59. The van der Waals surface area contributed by atoms with E-state index in [-0.39, 0.29) is 17.8 Å². The average molecular weight is 446 g/mol. The van der Waals surface area contributed by atoms with Gasteiger partial charge in [0.1, 0.15) is 0 Å². The van der Waals surface area contributed by atoms with Crippen molar-refractivity contribution in [1.82, 2.24) is 14.7 Å². The first-order chi connectivity index (χ1) is 14.6. The zero-order chi connectivity index (χ0) is 20.7. The molecule has 1 spiro atoms. The van der Waals surface area contributed by atoms with Crippen molar-refractivity contribution in [2.75, 3.05) is 46.3 Å². The quantitative estimate of drug-likeness (QED) is 0.716. The van der Waals surface area contributed by atoms with Gasteiger partial charge >= 0.3 is 0 Å². The van der Waals surface area contributed by atoms with Crippen LogP contribution in [-0.2, 0) is 15.0 Å². The van der Waals surface area contributed by atoms with E-state index in [0.717, 1.165) is 71.4 Å². The Morgan fingerprint density at radius 1 is 0.968 bits per heavy atom. The number of benzene rings is 1. The van der Waals surface area contributed by atoms with Gasteiger partial charge in [0.2, 0.25) is 11.8 Å². The van der Waals surface area contributed by atoms with Crippen LogP contribution in [0.3, 0.4) is 0 Å². The van der Waals surface area contributed by atoms with E-state index in [2.05, 4.69) is 46.0 Å². The average Bonchev–Trinajstić information content (AvgIpc) is 3.01.